The number of hydrogen-bond acceptors (Lipinski definition) is 2. The minimum Gasteiger partial charge on any atom is -0.370 e. The Kier molecular flexibility index (Phi) is 6.26. The molecule has 0 bridgehead atoms. The second kappa shape index (κ2) is 6.14. The molecule has 0 aromatic rings. The summed E-state index contributed by atoms with van der Waals surface area (Å²) in [5.41, 5.74) is 0. The summed E-state index contributed by atoms with van der Waals surface area (Å²) in [6.07, 6.45) is -1.07. The van der Waals surface area contributed by atoms with Gasteiger partial charge in [0.2, 0.25) is 5.91 Å². The first-order valence-electron chi connectivity index (χ1n) is 4.67. The SMILES string of the molecule is CC(C)CC(=O)NC(O)C(Cl)(Cl)C(C)Cl. The minimum absolute atomic E-state index is 0.200. The summed E-state index contributed by atoms with van der Waals surface area (Å²) in [6.45, 7) is 5.33. The topological polar surface area (TPSA) is 49.3 Å². The number of aliphatic hydroxyl groups excluding tert-OH is 1. The molecule has 0 heterocycles. The Hall–Kier alpha value is 0.300. The van der Waals surface area contributed by atoms with Crippen LogP contribution in [0.2, 0.25) is 0 Å². The molecule has 6 heteroatoms. The van der Waals surface area contributed by atoms with E-state index in [1.165, 1.54) is 0 Å². The number of halogens is 3. The quantitative estimate of drug-likeness (QED) is 0.598. The predicted molar refractivity (Wildman–Crippen MR) is 63.4 cm³/mol. The van der Waals surface area contributed by atoms with Gasteiger partial charge >= 0.3 is 0 Å². The van der Waals surface area contributed by atoms with Gasteiger partial charge in [0, 0.05) is 6.42 Å². The number of carbonyl (C=O) groups is 1. The van der Waals surface area contributed by atoms with Crippen LogP contribution in [0, 0.1) is 5.92 Å². The normalized spacial score (nSPS) is 16.3. The number of rotatable bonds is 5. The van der Waals surface area contributed by atoms with Crippen LogP contribution < -0.4 is 5.32 Å². The molecule has 0 fully saturated rings. The molecule has 15 heavy (non-hydrogen) atoms. The van der Waals surface area contributed by atoms with Crippen molar-refractivity contribution in [2.45, 2.75) is 43.1 Å². The Balaban J connectivity index is 4.24. The molecule has 0 aliphatic rings. The molecule has 1 amide bonds. The summed E-state index contributed by atoms with van der Waals surface area (Å²) in [4.78, 5) is 11.3. The Morgan fingerprint density at radius 1 is 1.40 bits per heavy atom. The van der Waals surface area contributed by atoms with Crippen molar-refractivity contribution in [3.05, 3.63) is 0 Å². The van der Waals surface area contributed by atoms with Gasteiger partial charge in [-0.15, -0.1) is 11.6 Å². The van der Waals surface area contributed by atoms with E-state index in [-0.39, 0.29) is 11.8 Å². The van der Waals surface area contributed by atoms with Gasteiger partial charge in [-0.05, 0) is 12.8 Å². The summed E-state index contributed by atoms with van der Waals surface area (Å²) in [6, 6.07) is 0. The molecule has 0 rings (SSSR count). The third-order valence-electron chi connectivity index (χ3n) is 1.79. The molecule has 2 unspecified atom stereocenters. The average Bonchev–Trinajstić information content (AvgIpc) is 2.01. The van der Waals surface area contributed by atoms with Crippen molar-refractivity contribution in [3.8, 4) is 0 Å². The molecule has 0 radical (unpaired) electrons. The highest BCUT2D eigenvalue weighted by Crippen LogP contribution is 2.31. The van der Waals surface area contributed by atoms with E-state index in [2.05, 4.69) is 5.32 Å². The van der Waals surface area contributed by atoms with Crippen molar-refractivity contribution in [1.29, 1.82) is 0 Å². The minimum atomic E-state index is -1.59. The van der Waals surface area contributed by atoms with Crippen LogP contribution >= 0.6 is 34.8 Å². The van der Waals surface area contributed by atoms with Crippen molar-refractivity contribution in [1.82, 2.24) is 5.32 Å². The van der Waals surface area contributed by atoms with Gasteiger partial charge in [0.05, 0.1) is 5.38 Å². The van der Waals surface area contributed by atoms with E-state index in [1.807, 2.05) is 13.8 Å². The largest absolute Gasteiger partial charge is 0.370 e. The maximum atomic E-state index is 11.3. The molecule has 0 aliphatic heterocycles. The highest BCUT2D eigenvalue weighted by Gasteiger charge is 2.39. The third-order valence-corrected chi connectivity index (χ3v) is 3.42. The number of alkyl halides is 3. The van der Waals surface area contributed by atoms with Crippen LogP contribution in [0.5, 0.6) is 0 Å². The summed E-state index contributed by atoms with van der Waals surface area (Å²) in [5.74, 6) is -0.105. The number of amides is 1. The fourth-order valence-corrected chi connectivity index (χ4v) is 1.12. The molecule has 3 nitrogen and oxygen atoms in total. The zero-order chi connectivity index (χ0) is 12.2. The highest BCUT2D eigenvalue weighted by molar-refractivity contribution is 6.52. The van der Waals surface area contributed by atoms with E-state index in [1.54, 1.807) is 6.92 Å². The number of aliphatic hydroxyl groups is 1. The Labute approximate surface area is 105 Å². The smallest absolute Gasteiger partial charge is 0.222 e. The first-order chi connectivity index (χ1) is 6.67. The summed E-state index contributed by atoms with van der Waals surface area (Å²) in [5, 5.41) is 11.2. The zero-order valence-corrected chi connectivity index (χ0v) is 11.2. The third kappa shape index (κ3) is 5.25. The van der Waals surface area contributed by atoms with Crippen molar-refractivity contribution < 1.29 is 9.90 Å². The fraction of sp³-hybridized carbons (Fsp3) is 0.889. The van der Waals surface area contributed by atoms with E-state index in [0.29, 0.717) is 6.42 Å². The molecular weight excluding hydrogens is 260 g/mol. The maximum Gasteiger partial charge on any atom is 0.222 e. The molecule has 0 saturated carbocycles. The van der Waals surface area contributed by atoms with Crippen LogP contribution in [0.3, 0.4) is 0 Å². The van der Waals surface area contributed by atoms with Gasteiger partial charge in [0.25, 0.3) is 0 Å². The second-order valence-electron chi connectivity index (χ2n) is 3.86. The zero-order valence-electron chi connectivity index (χ0n) is 8.93. The van der Waals surface area contributed by atoms with Crippen molar-refractivity contribution in [3.63, 3.8) is 0 Å². The van der Waals surface area contributed by atoms with Crippen LogP contribution in [0.1, 0.15) is 27.2 Å². The predicted octanol–water partition coefficient (Wildman–Crippen LogP) is 2.27. The van der Waals surface area contributed by atoms with E-state index in [0.717, 1.165) is 0 Å². The average molecular weight is 277 g/mol. The molecule has 0 saturated heterocycles. The van der Waals surface area contributed by atoms with Crippen LogP contribution in [-0.2, 0) is 4.79 Å². The van der Waals surface area contributed by atoms with Crippen LogP contribution in [0.4, 0.5) is 0 Å². The molecule has 90 valence electrons. The molecule has 0 aliphatic carbocycles. The molecule has 2 atom stereocenters. The summed E-state index contributed by atoms with van der Waals surface area (Å²) in [7, 11) is 0. The summed E-state index contributed by atoms with van der Waals surface area (Å²) >= 11 is 17.2. The fourth-order valence-electron chi connectivity index (χ4n) is 0.896. The van der Waals surface area contributed by atoms with E-state index in [9.17, 15) is 9.90 Å². The van der Waals surface area contributed by atoms with Crippen LogP contribution in [0.15, 0.2) is 0 Å². The first kappa shape index (κ1) is 15.3. The maximum absolute atomic E-state index is 11.3. The molecule has 0 aromatic heterocycles. The van der Waals surface area contributed by atoms with E-state index < -0.39 is 15.9 Å². The van der Waals surface area contributed by atoms with Gasteiger partial charge in [-0.1, -0.05) is 37.0 Å². The van der Waals surface area contributed by atoms with Crippen molar-refractivity contribution in [2.75, 3.05) is 0 Å². The van der Waals surface area contributed by atoms with E-state index in [4.69, 9.17) is 34.8 Å². The number of carbonyl (C=O) groups excluding carboxylic acids is 1. The lowest BCUT2D eigenvalue weighted by atomic mass is 10.1. The van der Waals surface area contributed by atoms with Gasteiger partial charge in [0.15, 0.2) is 10.6 Å². The lowest BCUT2D eigenvalue weighted by Gasteiger charge is -2.28. The Morgan fingerprint density at radius 3 is 2.20 bits per heavy atom. The van der Waals surface area contributed by atoms with Gasteiger partial charge in [-0.2, -0.15) is 0 Å². The molecular formula is C9H16Cl3NO2. The number of hydrogen-bond donors (Lipinski definition) is 2. The molecule has 0 aromatic carbocycles. The van der Waals surface area contributed by atoms with E-state index >= 15 is 0 Å². The van der Waals surface area contributed by atoms with Gasteiger partial charge in [0.1, 0.15) is 0 Å². The molecule has 0 spiro atoms. The first-order valence-corrected chi connectivity index (χ1v) is 5.86. The standard InChI is InChI=1S/C9H16Cl3NO2/c1-5(2)4-7(14)13-8(15)9(11,12)6(3)10/h5-6,8,15H,4H2,1-3H3,(H,13,14). The molecule has 2 N–H and O–H groups in total. The van der Waals surface area contributed by atoms with Crippen LogP contribution in [0.25, 0.3) is 0 Å². The lowest BCUT2D eigenvalue weighted by molar-refractivity contribution is -0.125. The Morgan fingerprint density at radius 2 is 1.87 bits per heavy atom. The van der Waals surface area contributed by atoms with Crippen molar-refractivity contribution >= 4 is 40.7 Å². The second-order valence-corrected chi connectivity index (χ2v) is 5.96. The van der Waals surface area contributed by atoms with Gasteiger partial charge < -0.3 is 10.4 Å². The van der Waals surface area contributed by atoms with Crippen LogP contribution in [-0.4, -0.2) is 27.0 Å². The Bertz CT molecular complexity index is 219. The monoisotopic (exact) mass is 275 g/mol. The van der Waals surface area contributed by atoms with Gasteiger partial charge in [-0.3, -0.25) is 4.79 Å². The van der Waals surface area contributed by atoms with Gasteiger partial charge in [-0.25, -0.2) is 0 Å². The highest BCUT2D eigenvalue weighted by atomic mass is 35.5. The number of nitrogens with one attached hydrogen (secondary N) is 1. The lowest BCUT2D eigenvalue weighted by Crippen LogP contribution is -2.50. The van der Waals surface area contributed by atoms with Crippen molar-refractivity contribution in [2.24, 2.45) is 5.92 Å². The summed E-state index contributed by atoms with van der Waals surface area (Å²) < 4.78 is -1.59.